The Bertz CT molecular complexity index is 529. The highest BCUT2D eigenvalue weighted by atomic mass is 32.2. The van der Waals surface area contributed by atoms with Crippen molar-refractivity contribution in [1.82, 2.24) is 0 Å². The van der Waals surface area contributed by atoms with Gasteiger partial charge in [0.1, 0.15) is 5.82 Å². The molecule has 0 amide bonds. The van der Waals surface area contributed by atoms with Crippen molar-refractivity contribution in [2.24, 2.45) is 0 Å². The average Bonchev–Trinajstić information content (AvgIpc) is 2.28. The second-order valence-electron chi connectivity index (χ2n) is 3.72. The van der Waals surface area contributed by atoms with Crippen molar-refractivity contribution in [3.63, 3.8) is 0 Å². The van der Waals surface area contributed by atoms with Crippen LogP contribution in [0.4, 0.5) is 15.8 Å². The monoisotopic (exact) mass is 248 g/mol. The number of hydrogen-bond acceptors (Lipinski definition) is 3. The molecule has 4 heteroatoms. The lowest BCUT2D eigenvalue weighted by Crippen LogP contribution is -1.91. The number of rotatable bonds is 3. The standard InChI is InChI=1S/C13H13FN2S/c14-10-4-5-13(12(16)7-10)17-8-9-2-1-3-11(15)6-9/h1-7H,8,15-16H2. The highest BCUT2D eigenvalue weighted by Crippen LogP contribution is 2.28. The van der Waals surface area contributed by atoms with Crippen LogP contribution in [-0.2, 0) is 5.75 Å². The van der Waals surface area contributed by atoms with Gasteiger partial charge in [-0.05, 0) is 35.9 Å². The minimum absolute atomic E-state index is 0.309. The van der Waals surface area contributed by atoms with E-state index in [0.29, 0.717) is 5.69 Å². The number of nitrogen functional groups attached to an aromatic ring is 2. The topological polar surface area (TPSA) is 52.0 Å². The summed E-state index contributed by atoms with van der Waals surface area (Å²) in [6, 6.07) is 12.1. The van der Waals surface area contributed by atoms with Crippen LogP contribution in [0, 0.1) is 5.82 Å². The Morgan fingerprint density at radius 2 is 1.88 bits per heavy atom. The quantitative estimate of drug-likeness (QED) is 0.647. The van der Waals surface area contributed by atoms with Crippen LogP contribution < -0.4 is 11.5 Å². The molecule has 0 saturated carbocycles. The fraction of sp³-hybridized carbons (Fsp3) is 0.0769. The second-order valence-corrected chi connectivity index (χ2v) is 4.73. The summed E-state index contributed by atoms with van der Waals surface area (Å²) in [5, 5.41) is 0. The summed E-state index contributed by atoms with van der Waals surface area (Å²) < 4.78 is 12.9. The van der Waals surface area contributed by atoms with Crippen LogP contribution in [0.25, 0.3) is 0 Å². The molecule has 0 heterocycles. The molecule has 0 fully saturated rings. The zero-order valence-corrected chi connectivity index (χ0v) is 10.0. The van der Waals surface area contributed by atoms with E-state index in [9.17, 15) is 4.39 Å². The number of thioether (sulfide) groups is 1. The summed E-state index contributed by atoms with van der Waals surface area (Å²) in [5.74, 6) is 0.455. The smallest absolute Gasteiger partial charge is 0.125 e. The molecule has 0 unspecified atom stereocenters. The molecular formula is C13H13FN2S. The summed E-state index contributed by atoms with van der Waals surface area (Å²) in [5.41, 5.74) is 13.8. The van der Waals surface area contributed by atoms with E-state index in [1.165, 1.54) is 12.1 Å². The summed E-state index contributed by atoms with van der Waals surface area (Å²) in [7, 11) is 0. The third-order valence-corrected chi connectivity index (χ3v) is 3.48. The van der Waals surface area contributed by atoms with E-state index >= 15 is 0 Å². The van der Waals surface area contributed by atoms with Gasteiger partial charge in [0.2, 0.25) is 0 Å². The van der Waals surface area contributed by atoms with Gasteiger partial charge in [0.15, 0.2) is 0 Å². The minimum atomic E-state index is -0.309. The summed E-state index contributed by atoms with van der Waals surface area (Å²) in [6.07, 6.45) is 0. The van der Waals surface area contributed by atoms with E-state index in [0.717, 1.165) is 21.9 Å². The molecular weight excluding hydrogens is 235 g/mol. The largest absolute Gasteiger partial charge is 0.399 e. The third-order valence-electron chi connectivity index (χ3n) is 2.32. The maximum absolute atomic E-state index is 12.9. The Hall–Kier alpha value is -1.68. The first-order valence-corrected chi connectivity index (χ1v) is 6.16. The van der Waals surface area contributed by atoms with E-state index in [2.05, 4.69) is 0 Å². The molecule has 2 aromatic rings. The van der Waals surface area contributed by atoms with Gasteiger partial charge >= 0.3 is 0 Å². The van der Waals surface area contributed by atoms with Crippen LogP contribution in [-0.4, -0.2) is 0 Å². The van der Waals surface area contributed by atoms with Crippen LogP contribution in [0.5, 0.6) is 0 Å². The normalized spacial score (nSPS) is 10.4. The van der Waals surface area contributed by atoms with Crippen molar-refractivity contribution in [1.29, 1.82) is 0 Å². The number of benzene rings is 2. The molecule has 2 rings (SSSR count). The molecule has 0 spiro atoms. The van der Waals surface area contributed by atoms with Crippen LogP contribution in [0.2, 0.25) is 0 Å². The lowest BCUT2D eigenvalue weighted by atomic mass is 10.2. The van der Waals surface area contributed by atoms with Crippen LogP contribution in [0.15, 0.2) is 47.4 Å². The van der Waals surface area contributed by atoms with E-state index in [-0.39, 0.29) is 5.82 Å². The molecule has 0 atom stereocenters. The highest BCUT2D eigenvalue weighted by molar-refractivity contribution is 7.98. The van der Waals surface area contributed by atoms with Gasteiger partial charge in [-0.1, -0.05) is 12.1 Å². The second kappa shape index (κ2) is 5.10. The van der Waals surface area contributed by atoms with Gasteiger partial charge in [-0.2, -0.15) is 0 Å². The Labute approximate surface area is 104 Å². The van der Waals surface area contributed by atoms with E-state index in [1.807, 2.05) is 24.3 Å². The molecule has 0 aliphatic rings. The molecule has 0 saturated heterocycles. The highest BCUT2D eigenvalue weighted by Gasteiger charge is 2.02. The van der Waals surface area contributed by atoms with Gasteiger partial charge in [0.05, 0.1) is 0 Å². The number of hydrogen-bond donors (Lipinski definition) is 2. The van der Waals surface area contributed by atoms with Crippen molar-refractivity contribution in [3.05, 3.63) is 53.8 Å². The Morgan fingerprint density at radius 3 is 2.59 bits per heavy atom. The molecule has 0 bridgehead atoms. The lowest BCUT2D eigenvalue weighted by Gasteiger charge is -2.06. The molecule has 17 heavy (non-hydrogen) atoms. The third kappa shape index (κ3) is 3.14. The van der Waals surface area contributed by atoms with Crippen molar-refractivity contribution in [3.8, 4) is 0 Å². The SMILES string of the molecule is Nc1cccc(CSc2ccc(F)cc2N)c1. The molecule has 2 nitrogen and oxygen atoms in total. The molecule has 88 valence electrons. The molecule has 2 aromatic carbocycles. The summed E-state index contributed by atoms with van der Waals surface area (Å²) in [4.78, 5) is 0.883. The van der Waals surface area contributed by atoms with E-state index < -0.39 is 0 Å². The van der Waals surface area contributed by atoms with Crippen molar-refractivity contribution in [2.75, 3.05) is 11.5 Å². The first-order chi connectivity index (χ1) is 8.15. The molecule has 0 aliphatic carbocycles. The number of halogens is 1. The number of nitrogens with two attached hydrogens (primary N) is 2. The number of anilines is 2. The summed E-state index contributed by atoms with van der Waals surface area (Å²) in [6.45, 7) is 0. The molecule has 0 aliphatic heterocycles. The molecule has 0 aromatic heterocycles. The van der Waals surface area contributed by atoms with Crippen LogP contribution >= 0.6 is 11.8 Å². The maximum atomic E-state index is 12.9. The first kappa shape index (κ1) is 11.8. The summed E-state index contributed by atoms with van der Waals surface area (Å²) >= 11 is 1.57. The zero-order chi connectivity index (χ0) is 12.3. The van der Waals surface area contributed by atoms with Crippen LogP contribution in [0.3, 0.4) is 0 Å². The van der Waals surface area contributed by atoms with Crippen molar-refractivity contribution in [2.45, 2.75) is 10.6 Å². The van der Waals surface area contributed by atoms with Gasteiger partial charge in [0.25, 0.3) is 0 Å². The maximum Gasteiger partial charge on any atom is 0.125 e. The van der Waals surface area contributed by atoms with Crippen molar-refractivity contribution < 1.29 is 4.39 Å². The Kier molecular flexibility index (Phi) is 3.54. The Balaban J connectivity index is 2.07. The Morgan fingerprint density at radius 1 is 1.06 bits per heavy atom. The lowest BCUT2D eigenvalue weighted by molar-refractivity contribution is 0.627. The zero-order valence-electron chi connectivity index (χ0n) is 9.19. The fourth-order valence-electron chi connectivity index (χ4n) is 1.49. The minimum Gasteiger partial charge on any atom is -0.399 e. The molecule has 0 radical (unpaired) electrons. The van der Waals surface area contributed by atoms with Gasteiger partial charge in [-0.15, -0.1) is 11.8 Å². The first-order valence-electron chi connectivity index (χ1n) is 5.17. The van der Waals surface area contributed by atoms with Crippen molar-refractivity contribution >= 4 is 23.1 Å². The average molecular weight is 248 g/mol. The van der Waals surface area contributed by atoms with Gasteiger partial charge in [-0.3, -0.25) is 0 Å². The van der Waals surface area contributed by atoms with E-state index in [4.69, 9.17) is 11.5 Å². The fourth-order valence-corrected chi connectivity index (χ4v) is 2.39. The molecule has 4 N–H and O–H groups in total. The predicted octanol–water partition coefficient (Wildman–Crippen LogP) is 3.28. The van der Waals surface area contributed by atoms with Gasteiger partial charge in [0, 0.05) is 22.0 Å². The van der Waals surface area contributed by atoms with Gasteiger partial charge in [-0.25, -0.2) is 4.39 Å². The van der Waals surface area contributed by atoms with Crippen LogP contribution in [0.1, 0.15) is 5.56 Å². The van der Waals surface area contributed by atoms with Gasteiger partial charge < -0.3 is 11.5 Å². The van der Waals surface area contributed by atoms with E-state index in [1.54, 1.807) is 17.8 Å². The predicted molar refractivity (Wildman–Crippen MR) is 71.2 cm³/mol.